The van der Waals surface area contributed by atoms with Crippen LogP contribution in [-0.4, -0.2) is 23.0 Å². The molecule has 0 saturated heterocycles. The Morgan fingerprint density at radius 1 is 1.41 bits per heavy atom. The first-order chi connectivity index (χ1) is 8.12. The van der Waals surface area contributed by atoms with Crippen LogP contribution in [0.25, 0.3) is 0 Å². The highest BCUT2D eigenvalue weighted by Crippen LogP contribution is 2.18. The van der Waals surface area contributed by atoms with Crippen LogP contribution in [0.5, 0.6) is 0 Å². The van der Waals surface area contributed by atoms with Gasteiger partial charge in [0.15, 0.2) is 0 Å². The van der Waals surface area contributed by atoms with Crippen LogP contribution in [0.2, 0.25) is 0 Å². The fraction of sp³-hybridized carbons (Fsp3) is 0.615. The van der Waals surface area contributed by atoms with Crippen molar-refractivity contribution < 1.29 is 9.53 Å². The highest BCUT2D eigenvalue weighted by atomic mass is 16.5. The van der Waals surface area contributed by atoms with Gasteiger partial charge in [0.25, 0.3) is 0 Å². The van der Waals surface area contributed by atoms with Crippen molar-refractivity contribution in [3.05, 3.63) is 23.3 Å². The maximum absolute atomic E-state index is 11.6. The zero-order chi connectivity index (χ0) is 12.8. The summed E-state index contributed by atoms with van der Waals surface area (Å²) >= 11 is 0. The number of methoxy groups -OCH3 is 1. The summed E-state index contributed by atoms with van der Waals surface area (Å²) in [6.45, 7) is 5.97. The van der Waals surface area contributed by atoms with Crippen molar-refractivity contribution in [1.82, 2.24) is 9.97 Å². The average Bonchev–Trinajstić information content (AvgIpc) is 2.29. The van der Waals surface area contributed by atoms with Crippen molar-refractivity contribution in [1.29, 1.82) is 0 Å². The first-order valence-corrected chi connectivity index (χ1v) is 6.04. The molecule has 4 heteroatoms. The smallest absolute Gasteiger partial charge is 0.316 e. The number of esters is 1. The summed E-state index contributed by atoms with van der Waals surface area (Å²) in [4.78, 5) is 20.4. The van der Waals surface area contributed by atoms with Crippen LogP contribution in [0.15, 0.2) is 6.07 Å². The lowest BCUT2D eigenvalue weighted by Crippen LogP contribution is -2.17. The molecule has 0 N–H and O–H groups in total. The maximum atomic E-state index is 11.6. The summed E-state index contributed by atoms with van der Waals surface area (Å²) in [7, 11) is 1.40. The second-order valence-electron chi connectivity index (χ2n) is 4.09. The Hall–Kier alpha value is -1.45. The van der Waals surface area contributed by atoms with Gasteiger partial charge in [0, 0.05) is 11.4 Å². The molecule has 0 spiro atoms. The van der Waals surface area contributed by atoms with Gasteiger partial charge in [0.1, 0.15) is 11.7 Å². The lowest BCUT2D eigenvalue weighted by Gasteiger charge is -2.12. The van der Waals surface area contributed by atoms with Crippen molar-refractivity contribution in [3.63, 3.8) is 0 Å². The van der Waals surface area contributed by atoms with Gasteiger partial charge in [-0.05, 0) is 25.8 Å². The van der Waals surface area contributed by atoms with E-state index in [-0.39, 0.29) is 11.9 Å². The van der Waals surface area contributed by atoms with E-state index in [1.807, 2.05) is 19.9 Å². The topological polar surface area (TPSA) is 52.1 Å². The number of hydrogen-bond donors (Lipinski definition) is 0. The zero-order valence-corrected chi connectivity index (χ0v) is 11.0. The predicted molar refractivity (Wildman–Crippen MR) is 65.8 cm³/mol. The van der Waals surface area contributed by atoms with Gasteiger partial charge in [0.05, 0.1) is 7.11 Å². The molecule has 1 unspecified atom stereocenters. The largest absolute Gasteiger partial charge is 0.468 e. The number of aromatic nitrogens is 2. The minimum absolute atomic E-state index is 0.263. The van der Waals surface area contributed by atoms with Crippen LogP contribution in [-0.2, 0) is 16.0 Å². The van der Waals surface area contributed by atoms with Crippen molar-refractivity contribution >= 4 is 5.97 Å². The van der Waals surface area contributed by atoms with Crippen molar-refractivity contribution in [2.45, 2.75) is 46.0 Å². The molecule has 0 radical (unpaired) electrons. The van der Waals surface area contributed by atoms with Gasteiger partial charge in [-0.3, -0.25) is 4.79 Å². The normalized spacial score (nSPS) is 12.2. The molecule has 1 aromatic rings. The number of carbonyl (C=O) groups excluding carboxylic acids is 1. The van der Waals surface area contributed by atoms with Gasteiger partial charge >= 0.3 is 5.97 Å². The molecule has 94 valence electrons. The number of rotatable bonds is 5. The maximum Gasteiger partial charge on any atom is 0.316 e. The highest BCUT2D eigenvalue weighted by molar-refractivity contribution is 5.76. The van der Waals surface area contributed by atoms with Gasteiger partial charge in [0.2, 0.25) is 0 Å². The van der Waals surface area contributed by atoms with Crippen molar-refractivity contribution in [2.24, 2.45) is 0 Å². The Balaban J connectivity index is 3.06. The van der Waals surface area contributed by atoms with E-state index in [9.17, 15) is 4.79 Å². The van der Waals surface area contributed by atoms with Gasteiger partial charge in [-0.1, -0.05) is 20.3 Å². The Kier molecular flexibility index (Phi) is 5.07. The van der Waals surface area contributed by atoms with E-state index in [1.54, 1.807) is 0 Å². The molecule has 0 aliphatic heterocycles. The fourth-order valence-corrected chi connectivity index (χ4v) is 1.80. The van der Waals surface area contributed by atoms with Crippen LogP contribution in [0.3, 0.4) is 0 Å². The molecule has 1 aromatic heterocycles. The monoisotopic (exact) mass is 236 g/mol. The summed E-state index contributed by atoms with van der Waals surface area (Å²) in [5, 5.41) is 0. The molecular formula is C13H20N2O2. The Bertz CT molecular complexity index is 391. The Morgan fingerprint density at radius 2 is 2.12 bits per heavy atom. The molecule has 0 fully saturated rings. The molecule has 0 aliphatic rings. The fourth-order valence-electron chi connectivity index (χ4n) is 1.80. The molecular weight excluding hydrogens is 216 g/mol. The molecule has 1 heterocycles. The molecule has 0 saturated carbocycles. The van der Waals surface area contributed by atoms with E-state index < -0.39 is 0 Å². The van der Waals surface area contributed by atoms with Crippen LogP contribution in [0, 0.1) is 6.92 Å². The third-order valence-corrected chi connectivity index (χ3v) is 2.64. The molecule has 0 bridgehead atoms. The molecule has 1 atom stereocenters. The first-order valence-electron chi connectivity index (χ1n) is 6.04. The number of hydrogen-bond acceptors (Lipinski definition) is 4. The van der Waals surface area contributed by atoms with E-state index in [4.69, 9.17) is 4.74 Å². The van der Waals surface area contributed by atoms with Crippen LogP contribution >= 0.6 is 0 Å². The number of nitrogens with zero attached hydrogens (tertiary/aromatic N) is 2. The van der Waals surface area contributed by atoms with E-state index in [0.717, 1.165) is 24.2 Å². The summed E-state index contributed by atoms with van der Waals surface area (Å²) in [6.07, 6.45) is 2.60. The standard InChI is InChI=1S/C13H20N2O2/c1-5-7-10-8-9(3)14-12(15-10)11(6-2)13(16)17-4/h8,11H,5-7H2,1-4H3. The van der Waals surface area contributed by atoms with Gasteiger partial charge in [-0.25, -0.2) is 9.97 Å². The van der Waals surface area contributed by atoms with E-state index in [2.05, 4.69) is 16.9 Å². The van der Waals surface area contributed by atoms with E-state index in [1.165, 1.54) is 7.11 Å². The van der Waals surface area contributed by atoms with E-state index in [0.29, 0.717) is 12.2 Å². The molecule has 0 aromatic carbocycles. The SMILES string of the molecule is CCCc1cc(C)nc(C(CC)C(=O)OC)n1. The summed E-state index contributed by atoms with van der Waals surface area (Å²) in [5.74, 6) is -0.0288. The summed E-state index contributed by atoms with van der Waals surface area (Å²) in [5.41, 5.74) is 1.90. The number of ether oxygens (including phenoxy) is 1. The first kappa shape index (κ1) is 13.6. The predicted octanol–water partition coefficient (Wildman–Crippen LogP) is 2.40. The third kappa shape index (κ3) is 3.51. The number of aryl methyl sites for hydroxylation is 2. The third-order valence-electron chi connectivity index (χ3n) is 2.64. The van der Waals surface area contributed by atoms with Gasteiger partial charge < -0.3 is 4.74 Å². The summed E-state index contributed by atoms with van der Waals surface area (Å²) < 4.78 is 4.78. The highest BCUT2D eigenvalue weighted by Gasteiger charge is 2.22. The Morgan fingerprint density at radius 3 is 2.65 bits per heavy atom. The second kappa shape index (κ2) is 6.33. The molecule has 0 aliphatic carbocycles. The van der Waals surface area contributed by atoms with Crippen molar-refractivity contribution in [3.8, 4) is 0 Å². The molecule has 17 heavy (non-hydrogen) atoms. The lowest BCUT2D eigenvalue weighted by atomic mass is 10.1. The lowest BCUT2D eigenvalue weighted by molar-refractivity contribution is -0.142. The Labute approximate surface area is 102 Å². The van der Waals surface area contributed by atoms with Crippen LogP contribution in [0.1, 0.15) is 49.8 Å². The number of carbonyl (C=O) groups is 1. The minimum atomic E-state index is -0.351. The van der Waals surface area contributed by atoms with Gasteiger partial charge in [-0.15, -0.1) is 0 Å². The van der Waals surface area contributed by atoms with Crippen LogP contribution in [0.4, 0.5) is 0 Å². The minimum Gasteiger partial charge on any atom is -0.468 e. The van der Waals surface area contributed by atoms with Crippen molar-refractivity contribution in [2.75, 3.05) is 7.11 Å². The zero-order valence-electron chi connectivity index (χ0n) is 11.0. The quantitative estimate of drug-likeness (QED) is 0.737. The van der Waals surface area contributed by atoms with Crippen LogP contribution < -0.4 is 0 Å². The summed E-state index contributed by atoms with van der Waals surface area (Å²) in [6, 6.07) is 1.97. The molecule has 4 nitrogen and oxygen atoms in total. The van der Waals surface area contributed by atoms with Gasteiger partial charge in [-0.2, -0.15) is 0 Å². The average molecular weight is 236 g/mol. The molecule has 1 rings (SSSR count). The van der Waals surface area contributed by atoms with E-state index >= 15 is 0 Å². The second-order valence-corrected chi connectivity index (χ2v) is 4.09. The molecule has 0 amide bonds.